The summed E-state index contributed by atoms with van der Waals surface area (Å²) in [6.07, 6.45) is 12.0. The number of hydrogen-bond donors (Lipinski definition) is 3. The average molecular weight is 776 g/mol. The van der Waals surface area contributed by atoms with E-state index in [1.165, 1.54) is 4.90 Å². The Balaban J connectivity index is 1.12. The topological polar surface area (TPSA) is 173 Å². The third-order valence-electron chi connectivity index (χ3n) is 12.9. The summed E-state index contributed by atoms with van der Waals surface area (Å²) >= 11 is 0. The van der Waals surface area contributed by atoms with Crippen molar-refractivity contribution in [2.24, 2.45) is 17.8 Å². The zero-order valence-corrected chi connectivity index (χ0v) is 32.2. The van der Waals surface area contributed by atoms with E-state index in [2.05, 4.69) is 21.9 Å². The van der Waals surface area contributed by atoms with Crippen molar-refractivity contribution >= 4 is 44.7 Å². The standard InChI is InChI=1S/C41H53N5O8S/c1-2-28-23-41(28,39(49)45-55(51,52)30-19-20-30)44-37(47)33-22-29-24-46(33)38(48)36(26-12-6-7-13-26)43-40(50)54-34-18-10-15-25(34)11-4-3-5-17-32-35(53-29)21-27-14-8-9-16-31(27)42-32/h2,8-9,14,16,21,25-26,28-30,33-34,36H,1,3-7,10-13,15,17-20,22-24H2,(H,43,50)(H,44,47)(H,45,49). The van der Waals surface area contributed by atoms with Gasteiger partial charge in [0, 0.05) is 17.7 Å². The first kappa shape index (κ1) is 37.7. The molecule has 4 amide bonds. The number of benzene rings is 1. The fourth-order valence-corrected chi connectivity index (χ4v) is 10.9. The molecule has 4 saturated carbocycles. The Bertz CT molecular complexity index is 1950. The lowest BCUT2D eigenvalue weighted by Gasteiger charge is -2.32. The van der Waals surface area contributed by atoms with Crippen LogP contribution in [0.1, 0.15) is 102 Å². The van der Waals surface area contributed by atoms with Gasteiger partial charge in [0.05, 0.1) is 23.0 Å². The number of alkyl carbamates (subject to hydrolysis) is 1. The van der Waals surface area contributed by atoms with E-state index < -0.39 is 68.7 Å². The van der Waals surface area contributed by atoms with Gasteiger partial charge in [-0.3, -0.25) is 19.1 Å². The maximum absolute atomic E-state index is 14.8. The molecule has 3 heterocycles. The van der Waals surface area contributed by atoms with Crippen molar-refractivity contribution in [2.75, 3.05) is 6.54 Å². The molecule has 13 nitrogen and oxygen atoms in total. The number of para-hydroxylation sites is 1. The molecule has 8 rings (SSSR count). The summed E-state index contributed by atoms with van der Waals surface area (Å²) in [5, 5.41) is 6.13. The molecule has 1 aromatic carbocycles. The Morgan fingerprint density at radius 2 is 1.69 bits per heavy atom. The predicted octanol–water partition coefficient (Wildman–Crippen LogP) is 4.82. The summed E-state index contributed by atoms with van der Waals surface area (Å²) in [5.41, 5.74) is 0.172. The minimum atomic E-state index is -3.88. The lowest BCUT2D eigenvalue weighted by Crippen LogP contribution is -2.59. The van der Waals surface area contributed by atoms with Gasteiger partial charge in [0.1, 0.15) is 35.6 Å². The van der Waals surface area contributed by atoms with Gasteiger partial charge in [0.25, 0.3) is 5.91 Å². The molecule has 7 unspecified atom stereocenters. The van der Waals surface area contributed by atoms with Gasteiger partial charge in [-0.15, -0.1) is 6.58 Å². The van der Waals surface area contributed by atoms with Crippen molar-refractivity contribution in [2.45, 2.75) is 138 Å². The number of nitrogens with one attached hydrogen (secondary N) is 3. The number of aryl methyl sites for hydroxylation is 1. The van der Waals surface area contributed by atoms with E-state index in [9.17, 15) is 27.6 Å². The number of aromatic nitrogens is 1. The number of pyridine rings is 1. The van der Waals surface area contributed by atoms with E-state index in [0.717, 1.165) is 87.2 Å². The third-order valence-corrected chi connectivity index (χ3v) is 14.7. The summed E-state index contributed by atoms with van der Waals surface area (Å²) in [6.45, 7) is 3.88. The van der Waals surface area contributed by atoms with E-state index in [4.69, 9.17) is 14.5 Å². The highest BCUT2D eigenvalue weighted by atomic mass is 32.2. The van der Waals surface area contributed by atoms with Crippen LogP contribution in [0.2, 0.25) is 0 Å². The third kappa shape index (κ3) is 7.93. The van der Waals surface area contributed by atoms with E-state index in [1.54, 1.807) is 6.08 Å². The van der Waals surface area contributed by atoms with Gasteiger partial charge in [-0.25, -0.2) is 18.2 Å². The molecule has 6 aliphatic rings. The van der Waals surface area contributed by atoms with Crippen molar-refractivity contribution in [3.63, 3.8) is 0 Å². The fourth-order valence-electron chi connectivity index (χ4n) is 9.50. The smallest absolute Gasteiger partial charge is 0.408 e. The highest BCUT2D eigenvalue weighted by Gasteiger charge is 2.62. The van der Waals surface area contributed by atoms with E-state index in [0.29, 0.717) is 25.0 Å². The maximum atomic E-state index is 14.8. The molecule has 4 aliphatic carbocycles. The van der Waals surface area contributed by atoms with Gasteiger partial charge < -0.3 is 25.0 Å². The van der Waals surface area contributed by atoms with Crippen LogP contribution in [-0.4, -0.2) is 83.7 Å². The Hall–Kier alpha value is -4.20. The van der Waals surface area contributed by atoms with Crippen molar-refractivity contribution in [3.8, 4) is 5.75 Å². The number of rotatable bonds is 7. The minimum absolute atomic E-state index is 0.0635. The van der Waals surface area contributed by atoms with Crippen LogP contribution in [0.3, 0.4) is 0 Å². The zero-order valence-electron chi connectivity index (χ0n) is 31.4. The number of carbonyl (C=O) groups excluding carboxylic acids is 4. The van der Waals surface area contributed by atoms with Crippen molar-refractivity contribution in [1.29, 1.82) is 0 Å². The molecular formula is C41H53N5O8S. The summed E-state index contributed by atoms with van der Waals surface area (Å²) in [5.74, 6) is -1.54. The molecule has 7 atom stereocenters. The Morgan fingerprint density at radius 1 is 0.945 bits per heavy atom. The van der Waals surface area contributed by atoms with Crippen LogP contribution >= 0.6 is 0 Å². The van der Waals surface area contributed by atoms with Crippen molar-refractivity contribution in [1.82, 2.24) is 25.2 Å². The second-order valence-corrected chi connectivity index (χ2v) is 18.7. The van der Waals surface area contributed by atoms with Gasteiger partial charge >= 0.3 is 6.09 Å². The summed E-state index contributed by atoms with van der Waals surface area (Å²) in [7, 11) is -3.88. The first-order valence-electron chi connectivity index (χ1n) is 20.4. The minimum Gasteiger partial charge on any atom is -0.487 e. The van der Waals surface area contributed by atoms with Gasteiger partial charge in [-0.1, -0.05) is 50.0 Å². The highest BCUT2D eigenvalue weighted by molar-refractivity contribution is 7.91. The summed E-state index contributed by atoms with van der Waals surface area (Å²) in [4.78, 5) is 63.0. The number of carbonyl (C=O) groups is 4. The number of fused-ring (bicyclic) bond motifs is 5. The largest absolute Gasteiger partial charge is 0.487 e. The van der Waals surface area contributed by atoms with Crippen LogP contribution in [0.4, 0.5) is 4.79 Å². The lowest BCUT2D eigenvalue weighted by molar-refractivity contribution is -0.142. The van der Waals surface area contributed by atoms with Gasteiger partial charge in [0.15, 0.2) is 0 Å². The zero-order chi connectivity index (χ0) is 38.3. The molecule has 1 aromatic heterocycles. The van der Waals surface area contributed by atoms with Crippen molar-refractivity contribution < 1.29 is 37.1 Å². The summed E-state index contributed by atoms with van der Waals surface area (Å²) < 4.78 is 40.5. The number of nitrogens with zero attached hydrogens (tertiary/aromatic N) is 2. The summed E-state index contributed by atoms with van der Waals surface area (Å²) in [6, 6.07) is 7.87. The first-order valence-corrected chi connectivity index (χ1v) is 21.9. The maximum Gasteiger partial charge on any atom is 0.408 e. The fraction of sp³-hybridized carbons (Fsp3) is 0.634. The van der Waals surface area contributed by atoms with Crippen LogP contribution in [0.15, 0.2) is 43.0 Å². The molecule has 3 N–H and O–H groups in total. The van der Waals surface area contributed by atoms with E-state index in [-0.39, 0.29) is 37.3 Å². The van der Waals surface area contributed by atoms with Gasteiger partial charge in [-0.2, -0.15) is 0 Å². The quantitative estimate of drug-likeness (QED) is 0.334. The number of sulfonamides is 1. The Labute approximate surface area is 322 Å². The number of amides is 4. The van der Waals surface area contributed by atoms with Crippen LogP contribution in [0.25, 0.3) is 10.9 Å². The molecule has 5 fully saturated rings. The predicted molar refractivity (Wildman–Crippen MR) is 204 cm³/mol. The van der Waals surface area contributed by atoms with Crippen LogP contribution < -0.4 is 20.1 Å². The molecule has 2 aliphatic heterocycles. The molecule has 14 heteroatoms. The second-order valence-electron chi connectivity index (χ2n) is 16.7. The van der Waals surface area contributed by atoms with E-state index in [1.807, 2.05) is 30.3 Å². The van der Waals surface area contributed by atoms with Crippen LogP contribution in [0.5, 0.6) is 5.75 Å². The highest BCUT2D eigenvalue weighted by Crippen LogP contribution is 2.46. The van der Waals surface area contributed by atoms with Gasteiger partial charge in [0.2, 0.25) is 21.8 Å². The molecule has 296 valence electrons. The van der Waals surface area contributed by atoms with Crippen LogP contribution in [-0.2, 0) is 35.6 Å². The lowest BCUT2D eigenvalue weighted by atomic mass is 9.96. The SMILES string of the molecule is C=CC1CC1(NC(=O)C1CC2CN1C(=O)C(C1CCCC1)NC(=O)OC1CCCC1CCCCCc1nc3ccccc3cc1O2)C(=O)NS(=O)(=O)C1CC1. The Morgan fingerprint density at radius 3 is 2.45 bits per heavy atom. The molecule has 1 saturated heterocycles. The monoisotopic (exact) mass is 775 g/mol. The second kappa shape index (κ2) is 15.4. The normalized spacial score (nSPS) is 31.9. The molecular weight excluding hydrogens is 723 g/mol. The van der Waals surface area contributed by atoms with Gasteiger partial charge in [-0.05, 0) is 94.6 Å². The molecule has 2 bridgehead atoms. The molecule has 0 spiro atoms. The average Bonchev–Trinajstić information content (AvgIpc) is 3.95. The van der Waals surface area contributed by atoms with Crippen molar-refractivity contribution in [3.05, 3.63) is 48.7 Å². The number of hydrogen-bond acceptors (Lipinski definition) is 9. The molecule has 2 aromatic rings. The number of ether oxygens (including phenoxy) is 2. The molecule has 0 radical (unpaired) electrons. The Kier molecular flexibility index (Phi) is 10.5. The van der Waals surface area contributed by atoms with E-state index >= 15 is 0 Å². The first-order chi connectivity index (χ1) is 26.5. The van der Waals surface area contributed by atoms with Crippen LogP contribution in [0, 0.1) is 17.8 Å². The molecule has 55 heavy (non-hydrogen) atoms.